The molecule has 0 saturated heterocycles. The van der Waals surface area contributed by atoms with Gasteiger partial charge in [0.2, 0.25) is 17.8 Å². The lowest BCUT2D eigenvalue weighted by atomic mass is 10.2. The molecule has 1 heterocycles. The molecule has 0 aliphatic heterocycles. The molecular weight excluding hydrogens is 383 g/mol. The van der Waals surface area contributed by atoms with Gasteiger partial charge in [0, 0.05) is 11.4 Å². The number of halogens is 2. The number of aliphatic hydroxyl groups is 1. The zero-order valence-corrected chi connectivity index (χ0v) is 16.1. The number of nitrogens with one attached hydrogen (secondary N) is 3. The van der Waals surface area contributed by atoms with Crippen molar-refractivity contribution in [2.45, 2.75) is 19.4 Å². The van der Waals surface area contributed by atoms with Crippen LogP contribution in [0.25, 0.3) is 0 Å². The number of rotatable bonds is 8. The third-order valence-corrected chi connectivity index (χ3v) is 3.81. The maximum absolute atomic E-state index is 13.1. The van der Waals surface area contributed by atoms with E-state index in [0.29, 0.717) is 30.0 Å². The van der Waals surface area contributed by atoms with Crippen LogP contribution in [-0.2, 0) is 0 Å². The molecule has 0 aliphatic rings. The zero-order valence-electron chi connectivity index (χ0n) is 15.3. The molecule has 0 spiro atoms. The van der Waals surface area contributed by atoms with Crippen LogP contribution in [0.5, 0.6) is 0 Å². The van der Waals surface area contributed by atoms with Crippen molar-refractivity contribution in [3.8, 4) is 0 Å². The lowest BCUT2D eigenvalue weighted by Gasteiger charge is -2.16. The Balaban J connectivity index is 0.00000280. The molecule has 2 aromatic carbocycles. The van der Waals surface area contributed by atoms with Crippen LogP contribution in [0.4, 0.5) is 33.6 Å². The molecule has 1 aromatic heterocycles. The minimum atomic E-state index is -0.321. The maximum Gasteiger partial charge on any atom is 0.233 e. The van der Waals surface area contributed by atoms with Gasteiger partial charge in [-0.1, -0.05) is 25.1 Å². The molecule has 1 atom stereocenters. The summed E-state index contributed by atoms with van der Waals surface area (Å²) in [6.07, 6.45) is 0.713. The molecular formula is C19H22ClFN6O. The Morgan fingerprint density at radius 3 is 1.93 bits per heavy atom. The van der Waals surface area contributed by atoms with E-state index < -0.39 is 0 Å². The molecule has 0 fully saturated rings. The van der Waals surface area contributed by atoms with Crippen molar-refractivity contribution in [3.05, 3.63) is 60.4 Å². The number of hydrogen-bond acceptors (Lipinski definition) is 7. The quantitative estimate of drug-likeness (QED) is 0.449. The predicted octanol–water partition coefficient (Wildman–Crippen LogP) is 4.10. The van der Waals surface area contributed by atoms with Crippen molar-refractivity contribution in [1.29, 1.82) is 0 Å². The van der Waals surface area contributed by atoms with Crippen LogP contribution in [0.1, 0.15) is 13.3 Å². The Hall–Kier alpha value is -2.97. The Labute approximate surface area is 168 Å². The fourth-order valence-electron chi connectivity index (χ4n) is 2.32. The summed E-state index contributed by atoms with van der Waals surface area (Å²) in [5.74, 6) is 0.647. The van der Waals surface area contributed by atoms with Gasteiger partial charge in [-0.05, 0) is 42.8 Å². The van der Waals surface area contributed by atoms with Gasteiger partial charge in [-0.15, -0.1) is 12.4 Å². The van der Waals surface area contributed by atoms with Crippen LogP contribution in [0.15, 0.2) is 54.6 Å². The van der Waals surface area contributed by atoms with Crippen molar-refractivity contribution < 1.29 is 9.50 Å². The van der Waals surface area contributed by atoms with E-state index in [0.717, 1.165) is 5.69 Å². The van der Waals surface area contributed by atoms with Crippen LogP contribution in [-0.4, -0.2) is 32.7 Å². The fraction of sp³-hybridized carbons (Fsp3) is 0.211. The average Bonchev–Trinajstić information content (AvgIpc) is 2.68. The summed E-state index contributed by atoms with van der Waals surface area (Å²) in [5.41, 5.74) is 1.48. The first-order valence-electron chi connectivity index (χ1n) is 8.64. The monoisotopic (exact) mass is 404 g/mol. The highest BCUT2D eigenvalue weighted by atomic mass is 35.5. The summed E-state index contributed by atoms with van der Waals surface area (Å²) in [4.78, 5) is 13.1. The number of aromatic nitrogens is 3. The number of aliphatic hydroxyl groups excluding tert-OH is 1. The molecule has 9 heteroatoms. The smallest absolute Gasteiger partial charge is 0.233 e. The third-order valence-electron chi connectivity index (χ3n) is 3.81. The molecule has 0 amide bonds. The Bertz CT molecular complexity index is 862. The van der Waals surface area contributed by atoms with Crippen LogP contribution < -0.4 is 16.0 Å². The number of benzene rings is 2. The molecule has 0 aliphatic carbocycles. The standard InChI is InChI=1S/C19H21FN6O.ClH/c1-2-14(12-27)21-17-24-18(22-15-6-4-3-5-7-15)26-19(25-17)23-16-10-8-13(20)9-11-16;/h3-11,14,27H,2,12H2,1H3,(H3,21,22,23,24,25,26);1H/t14-;/m0./s1. The molecule has 4 N–H and O–H groups in total. The average molecular weight is 405 g/mol. The first-order chi connectivity index (χ1) is 13.2. The second-order valence-corrected chi connectivity index (χ2v) is 5.86. The van der Waals surface area contributed by atoms with Gasteiger partial charge in [0.25, 0.3) is 0 Å². The second-order valence-electron chi connectivity index (χ2n) is 5.86. The van der Waals surface area contributed by atoms with E-state index in [2.05, 4.69) is 30.9 Å². The minimum absolute atomic E-state index is 0. The summed E-state index contributed by atoms with van der Waals surface area (Å²) in [5, 5.41) is 18.7. The summed E-state index contributed by atoms with van der Waals surface area (Å²) >= 11 is 0. The highest BCUT2D eigenvalue weighted by Gasteiger charge is 2.11. The SMILES string of the molecule is CC[C@@H](CO)Nc1nc(Nc2ccccc2)nc(Nc2ccc(F)cc2)n1.Cl. The molecule has 0 unspecified atom stereocenters. The second kappa shape index (κ2) is 10.4. The van der Waals surface area contributed by atoms with Crippen molar-refractivity contribution >= 4 is 41.6 Å². The van der Waals surface area contributed by atoms with Gasteiger partial charge in [-0.25, -0.2) is 4.39 Å². The van der Waals surface area contributed by atoms with Crippen LogP contribution in [0.3, 0.4) is 0 Å². The fourth-order valence-corrected chi connectivity index (χ4v) is 2.32. The zero-order chi connectivity index (χ0) is 19.1. The maximum atomic E-state index is 13.1. The van der Waals surface area contributed by atoms with Gasteiger partial charge in [0.05, 0.1) is 12.6 Å². The Morgan fingerprint density at radius 1 is 0.857 bits per heavy atom. The van der Waals surface area contributed by atoms with E-state index in [1.807, 2.05) is 37.3 Å². The Morgan fingerprint density at radius 2 is 1.39 bits per heavy atom. The summed E-state index contributed by atoms with van der Waals surface area (Å²) < 4.78 is 13.1. The molecule has 28 heavy (non-hydrogen) atoms. The van der Waals surface area contributed by atoms with E-state index in [1.165, 1.54) is 12.1 Å². The highest BCUT2D eigenvalue weighted by molar-refractivity contribution is 5.85. The molecule has 7 nitrogen and oxygen atoms in total. The van der Waals surface area contributed by atoms with E-state index in [-0.39, 0.29) is 30.9 Å². The van der Waals surface area contributed by atoms with Gasteiger partial charge in [-0.2, -0.15) is 15.0 Å². The van der Waals surface area contributed by atoms with Gasteiger partial charge in [0.15, 0.2) is 0 Å². The van der Waals surface area contributed by atoms with Crippen molar-refractivity contribution in [2.24, 2.45) is 0 Å². The van der Waals surface area contributed by atoms with Gasteiger partial charge < -0.3 is 21.1 Å². The van der Waals surface area contributed by atoms with Crippen molar-refractivity contribution in [1.82, 2.24) is 15.0 Å². The van der Waals surface area contributed by atoms with Gasteiger partial charge in [-0.3, -0.25) is 0 Å². The topological polar surface area (TPSA) is 95.0 Å². The van der Waals surface area contributed by atoms with E-state index >= 15 is 0 Å². The van der Waals surface area contributed by atoms with E-state index in [9.17, 15) is 9.50 Å². The highest BCUT2D eigenvalue weighted by Crippen LogP contribution is 2.19. The lowest BCUT2D eigenvalue weighted by molar-refractivity contribution is 0.271. The molecule has 0 bridgehead atoms. The summed E-state index contributed by atoms with van der Waals surface area (Å²) in [6.45, 7) is 1.92. The third kappa shape index (κ3) is 6.04. The van der Waals surface area contributed by atoms with Gasteiger partial charge >= 0.3 is 0 Å². The van der Waals surface area contributed by atoms with E-state index in [4.69, 9.17) is 0 Å². The largest absolute Gasteiger partial charge is 0.394 e. The molecule has 0 saturated carbocycles. The van der Waals surface area contributed by atoms with Crippen LogP contribution in [0, 0.1) is 5.82 Å². The number of para-hydroxylation sites is 1. The molecule has 0 radical (unpaired) electrons. The Kier molecular flexibility index (Phi) is 7.91. The minimum Gasteiger partial charge on any atom is -0.394 e. The van der Waals surface area contributed by atoms with Gasteiger partial charge in [0.1, 0.15) is 5.82 Å². The summed E-state index contributed by atoms with van der Waals surface area (Å²) in [7, 11) is 0. The number of hydrogen-bond donors (Lipinski definition) is 4. The van der Waals surface area contributed by atoms with Crippen molar-refractivity contribution in [2.75, 3.05) is 22.6 Å². The van der Waals surface area contributed by atoms with Crippen molar-refractivity contribution in [3.63, 3.8) is 0 Å². The van der Waals surface area contributed by atoms with E-state index in [1.54, 1.807) is 12.1 Å². The predicted molar refractivity (Wildman–Crippen MR) is 111 cm³/mol. The van der Waals surface area contributed by atoms with Crippen LogP contribution >= 0.6 is 12.4 Å². The lowest BCUT2D eigenvalue weighted by Crippen LogP contribution is -2.24. The number of anilines is 5. The van der Waals surface area contributed by atoms with Crippen LogP contribution in [0.2, 0.25) is 0 Å². The first kappa shape index (κ1) is 21.3. The first-order valence-corrected chi connectivity index (χ1v) is 8.64. The number of nitrogens with zero attached hydrogens (tertiary/aromatic N) is 3. The summed E-state index contributed by atoms with van der Waals surface area (Å²) in [6, 6.07) is 15.2. The molecule has 3 aromatic rings. The normalized spacial score (nSPS) is 11.2. The molecule has 148 valence electrons. The molecule has 3 rings (SSSR count).